The summed E-state index contributed by atoms with van der Waals surface area (Å²) in [5.41, 5.74) is 6.93. The van der Waals surface area contributed by atoms with E-state index in [0.29, 0.717) is 56.9 Å². The van der Waals surface area contributed by atoms with Gasteiger partial charge in [-0.05, 0) is 95.5 Å². The van der Waals surface area contributed by atoms with Crippen molar-refractivity contribution in [1.29, 1.82) is 0 Å². The first-order valence-electron chi connectivity index (χ1n) is 21.9. The number of rotatable bonds is 9. The summed E-state index contributed by atoms with van der Waals surface area (Å²) in [5, 5.41) is 23.8. The number of primary amides is 1. The Bertz CT molecular complexity index is 1570. The first-order valence-corrected chi connectivity index (χ1v) is 21.9. The number of aliphatic hydroxyl groups is 2. The number of carbonyl (C=O) groups excluding carboxylic acids is 5. The van der Waals surface area contributed by atoms with Crippen LogP contribution >= 0.6 is 0 Å². The van der Waals surface area contributed by atoms with E-state index in [-0.39, 0.29) is 62.2 Å². The highest BCUT2D eigenvalue weighted by molar-refractivity contribution is 6.39. The first kappa shape index (κ1) is 49.6. The molecule has 1 aliphatic carbocycles. The molecular weight excluding hydrogens is 776 g/mol. The molecule has 0 spiro atoms. The van der Waals surface area contributed by atoms with Crippen molar-refractivity contribution in [2.45, 2.75) is 167 Å². The van der Waals surface area contributed by atoms with Crippen molar-refractivity contribution in [1.82, 2.24) is 4.90 Å². The monoisotopic (exact) mass is 849 g/mol. The number of allylic oxidation sites excluding steroid dienone is 3. The summed E-state index contributed by atoms with van der Waals surface area (Å²) in [5.74, 6) is -8.27. The Morgan fingerprint density at radius 2 is 1.62 bits per heavy atom. The van der Waals surface area contributed by atoms with Gasteiger partial charge in [0.25, 0.3) is 11.7 Å². The van der Waals surface area contributed by atoms with Crippen molar-refractivity contribution in [3.05, 3.63) is 23.3 Å². The third kappa shape index (κ3) is 12.1. The molecule has 1 saturated carbocycles. The number of hydrogen-bond donors (Lipinski definition) is 3. The van der Waals surface area contributed by atoms with Crippen molar-refractivity contribution < 1.29 is 62.6 Å². The number of carbonyl (C=O) groups is 5. The molecule has 60 heavy (non-hydrogen) atoms. The Labute approximate surface area is 356 Å². The average Bonchev–Trinajstić information content (AvgIpc) is 3.22. The molecular formula is C45H72N2O13. The van der Waals surface area contributed by atoms with Crippen LogP contribution in [0.3, 0.4) is 0 Å². The van der Waals surface area contributed by atoms with Gasteiger partial charge in [-0.3, -0.25) is 19.2 Å². The number of esters is 1. The topological polar surface area (TPSA) is 210 Å². The van der Waals surface area contributed by atoms with Crippen LogP contribution in [0.5, 0.6) is 0 Å². The maximum Gasteiger partial charge on any atom is 0.329 e. The number of nitrogens with zero attached hydrogens (tertiary/aromatic N) is 1. The fourth-order valence-electron chi connectivity index (χ4n) is 9.75. The van der Waals surface area contributed by atoms with Crippen molar-refractivity contribution in [3.63, 3.8) is 0 Å². The van der Waals surface area contributed by atoms with Crippen LogP contribution in [0.15, 0.2) is 23.3 Å². The number of methoxy groups -OCH3 is 3. The molecule has 2 bridgehead atoms. The fourth-order valence-corrected chi connectivity index (χ4v) is 9.75. The van der Waals surface area contributed by atoms with Crippen LogP contribution in [0.25, 0.3) is 0 Å². The normalized spacial score (nSPS) is 39.5. The standard InChI is InChI=1S/C45H72N2O13/c1-10-31-18-25(2)17-26(3)19-37(56-8)41-38(57-9)21-28(5)45(54,60-41)42(51)43(52)47-16-12-11-13-32(47)44(53)59-40(29(6)33(48)23-34(31)49)27(4)20-30-14-15-35(36(22-30)55-7)58-24-39(46)50/h18,20,26,28-33,35-38,40-41,48,54H,10-17,19,21-24H2,1-9H3,(H2,46,50)/b25-18+,27-20?. The highest BCUT2D eigenvalue weighted by Crippen LogP contribution is 2.39. The third-order valence-corrected chi connectivity index (χ3v) is 13.3. The zero-order chi connectivity index (χ0) is 44.5. The molecule has 2 saturated heterocycles. The molecule has 2 amide bonds. The largest absolute Gasteiger partial charge is 0.456 e. The Hall–Kier alpha value is -3.05. The number of nitrogens with two attached hydrogens (primary N) is 1. The molecule has 0 aromatic carbocycles. The highest BCUT2D eigenvalue weighted by atomic mass is 16.7. The van der Waals surface area contributed by atoms with Crippen LogP contribution in [0.4, 0.5) is 0 Å². The molecule has 4 rings (SSSR count). The fraction of sp³-hybridized carbons (Fsp3) is 0.800. The van der Waals surface area contributed by atoms with E-state index in [0.717, 1.165) is 5.57 Å². The zero-order valence-electron chi connectivity index (χ0n) is 37.3. The minimum absolute atomic E-state index is 0.0223. The van der Waals surface area contributed by atoms with Crippen LogP contribution in [0, 0.1) is 29.6 Å². The summed E-state index contributed by atoms with van der Waals surface area (Å²) in [6.45, 7) is 11.0. The van der Waals surface area contributed by atoms with Crippen molar-refractivity contribution in [2.75, 3.05) is 34.5 Å². The van der Waals surface area contributed by atoms with Crippen LogP contribution in [-0.2, 0) is 52.4 Å². The van der Waals surface area contributed by atoms with Crippen LogP contribution in [0.2, 0.25) is 0 Å². The summed E-state index contributed by atoms with van der Waals surface area (Å²) in [6, 6.07) is -1.16. The summed E-state index contributed by atoms with van der Waals surface area (Å²) in [6.07, 6.45) is 3.78. The minimum Gasteiger partial charge on any atom is -0.456 e. The maximum absolute atomic E-state index is 14.4. The quantitative estimate of drug-likeness (QED) is 0.171. The van der Waals surface area contributed by atoms with Gasteiger partial charge in [0.2, 0.25) is 11.7 Å². The van der Waals surface area contributed by atoms with Crippen LogP contribution < -0.4 is 5.73 Å². The number of amides is 2. The number of fused-ring (bicyclic) bond motifs is 3. The molecule has 4 aliphatic rings. The number of Topliss-reactive ketones (excluding diaryl/α,β-unsaturated/α-hetero) is 2. The number of piperidine rings is 1. The summed E-state index contributed by atoms with van der Waals surface area (Å²) >= 11 is 0. The summed E-state index contributed by atoms with van der Waals surface area (Å²) in [7, 11) is 4.63. The number of aliphatic hydroxyl groups excluding tert-OH is 1. The molecule has 3 aliphatic heterocycles. The Kier molecular flexibility index (Phi) is 18.5. The lowest BCUT2D eigenvalue weighted by Crippen LogP contribution is -2.64. The lowest BCUT2D eigenvalue weighted by molar-refractivity contribution is -0.302. The number of hydrogen-bond acceptors (Lipinski definition) is 13. The van der Waals surface area contributed by atoms with Gasteiger partial charge < -0.3 is 49.3 Å². The van der Waals surface area contributed by atoms with Crippen LogP contribution in [0.1, 0.15) is 112 Å². The molecule has 14 atom stereocenters. The van der Waals surface area contributed by atoms with E-state index in [1.54, 1.807) is 21.0 Å². The molecule has 15 nitrogen and oxygen atoms in total. The van der Waals surface area contributed by atoms with E-state index in [2.05, 4.69) is 0 Å². The lowest BCUT2D eigenvalue weighted by atomic mass is 9.81. The Morgan fingerprint density at radius 3 is 2.25 bits per heavy atom. The number of ether oxygens (including phenoxy) is 6. The molecule has 4 N–H and O–H groups in total. The highest BCUT2D eigenvalue weighted by Gasteiger charge is 2.56. The molecule has 0 radical (unpaired) electrons. The number of ketones is 2. The van der Waals surface area contributed by atoms with Gasteiger partial charge in [-0.1, -0.05) is 45.4 Å². The van der Waals surface area contributed by atoms with E-state index < -0.39 is 83.7 Å². The second-order valence-corrected chi connectivity index (χ2v) is 17.9. The smallest absolute Gasteiger partial charge is 0.329 e. The van der Waals surface area contributed by atoms with E-state index in [9.17, 15) is 34.2 Å². The molecule has 14 unspecified atom stereocenters. The lowest BCUT2D eigenvalue weighted by Gasteiger charge is -2.47. The summed E-state index contributed by atoms with van der Waals surface area (Å²) < 4.78 is 35.7. The van der Waals surface area contributed by atoms with Gasteiger partial charge in [0.15, 0.2) is 0 Å². The minimum atomic E-state index is -2.52. The van der Waals surface area contributed by atoms with E-state index >= 15 is 0 Å². The molecule has 3 heterocycles. The molecule has 3 fully saturated rings. The average molecular weight is 849 g/mol. The predicted octanol–water partition coefficient (Wildman–Crippen LogP) is 3.98. The van der Waals surface area contributed by atoms with Crippen molar-refractivity contribution >= 4 is 29.4 Å². The number of cyclic esters (lactones) is 1. The van der Waals surface area contributed by atoms with Gasteiger partial charge in [0, 0.05) is 52.0 Å². The maximum atomic E-state index is 14.4. The van der Waals surface area contributed by atoms with Gasteiger partial charge in [-0.15, -0.1) is 0 Å². The van der Waals surface area contributed by atoms with E-state index in [4.69, 9.17) is 34.2 Å². The zero-order valence-corrected chi connectivity index (χ0v) is 37.3. The molecule has 0 aromatic heterocycles. The Balaban J connectivity index is 1.74. The second-order valence-electron chi connectivity index (χ2n) is 17.9. The van der Waals surface area contributed by atoms with Gasteiger partial charge in [0.1, 0.15) is 30.6 Å². The predicted molar refractivity (Wildman–Crippen MR) is 221 cm³/mol. The van der Waals surface area contributed by atoms with E-state index in [1.807, 2.05) is 39.8 Å². The van der Waals surface area contributed by atoms with Gasteiger partial charge in [-0.2, -0.15) is 0 Å². The second kappa shape index (κ2) is 22.3. The van der Waals surface area contributed by atoms with E-state index in [1.165, 1.54) is 19.1 Å². The van der Waals surface area contributed by atoms with Gasteiger partial charge in [-0.25, -0.2) is 4.79 Å². The summed E-state index contributed by atoms with van der Waals surface area (Å²) in [4.78, 5) is 69.3. The van der Waals surface area contributed by atoms with Gasteiger partial charge in [0.05, 0.1) is 30.5 Å². The molecule has 15 heteroatoms. The molecule has 0 aromatic rings. The SMILES string of the molecule is CCC1/C=C(\C)CC(C)CC(OC)C2OC(O)(C(=O)C(=O)N3CCCCC3C(=O)OC(C(C)=CC3CCC(OCC(N)=O)C(OC)C3)C(C)C(O)CC1=O)C(C)CC2OC. The van der Waals surface area contributed by atoms with Crippen LogP contribution in [-0.4, -0.2) is 134 Å². The van der Waals surface area contributed by atoms with Crippen molar-refractivity contribution in [2.24, 2.45) is 35.3 Å². The van der Waals surface area contributed by atoms with Gasteiger partial charge >= 0.3 is 5.97 Å². The third-order valence-electron chi connectivity index (χ3n) is 13.3. The van der Waals surface area contributed by atoms with Crippen molar-refractivity contribution in [3.8, 4) is 0 Å². The Morgan fingerprint density at radius 1 is 0.950 bits per heavy atom. The molecule has 340 valence electrons. The first-order chi connectivity index (χ1) is 28.4.